The third kappa shape index (κ3) is 3.31. The number of carbonyl (C=O) groups excluding carboxylic acids is 2. The summed E-state index contributed by atoms with van der Waals surface area (Å²) < 4.78 is 5.48. The van der Waals surface area contributed by atoms with E-state index in [2.05, 4.69) is 5.32 Å². The van der Waals surface area contributed by atoms with Gasteiger partial charge in [0.15, 0.2) is 5.78 Å². The molecule has 0 saturated heterocycles. The first kappa shape index (κ1) is 15.0. The van der Waals surface area contributed by atoms with E-state index < -0.39 is 0 Å². The second-order valence-corrected chi connectivity index (χ2v) is 5.62. The minimum atomic E-state index is -0.121. The van der Waals surface area contributed by atoms with Crippen molar-refractivity contribution in [2.45, 2.75) is 20.3 Å². The standard InChI is InChI=1S/C19H17NO3/c1-12-3-8-18-17(9-12)15(11-23-18)10-19(22)20-16-6-4-14(5-7-16)13(2)21/h3-9,11H,10H2,1-2H3,(H,20,22). The first-order valence-electron chi connectivity index (χ1n) is 7.40. The highest BCUT2D eigenvalue weighted by atomic mass is 16.3. The van der Waals surface area contributed by atoms with E-state index in [9.17, 15) is 9.59 Å². The summed E-state index contributed by atoms with van der Waals surface area (Å²) in [5.41, 5.74) is 4.06. The molecule has 23 heavy (non-hydrogen) atoms. The Morgan fingerprint density at radius 1 is 1.09 bits per heavy atom. The minimum Gasteiger partial charge on any atom is -0.464 e. The van der Waals surface area contributed by atoms with Gasteiger partial charge >= 0.3 is 0 Å². The lowest BCUT2D eigenvalue weighted by Crippen LogP contribution is -2.14. The zero-order chi connectivity index (χ0) is 16.4. The largest absolute Gasteiger partial charge is 0.464 e. The highest BCUT2D eigenvalue weighted by molar-refractivity contribution is 5.97. The molecular weight excluding hydrogens is 290 g/mol. The van der Waals surface area contributed by atoms with Crippen LogP contribution in [0.1, 0.15) is 28.4 Å². The second-order valence-electron chi connectivity index (χ2n) is 5.62. The number of furan rings is 1. The van der Waals surface area contributed by atoms with Gasteiger partial charge in [-0.25, -0.2) is 0 Å². The summed E-state index contributed by atoms with van der Waals surface area (Å²) in [4.78, 5) is 23.5. The summed E-state index contributed by atoms with van der Waals surface area (Å²) in [5.74, 6) is -0.118. The summed E-state index contributed by atoms with van der Waals surface area (Å²) >= 11 is 0. The molecule has 0 atom stereocenters. The average Bonchev–Trinajstić information content (AvgIpc) is 2.90. The molecule has 3 aromatic rings. The molecule has 0 fully saturated rings. The molecule has 0 saturated carbocycles. The average molecular weight is 307 g/mol. The third-order valence-electron chi connectivity index (χ3n) is 3.74. The number of hydrogen-bond acceptors (Lipinski definition) is 3. The number of rotatable bonds is 4. The van der Waals surface area contributed by atoms with Crippen LogP contribution >= 0.6 is 0 Å². The Bertz CT molecular complexity index is 875. The van der Waals surface area contributed by atoms with Crippen molar-refractivity contribution < 1.29 is 14.0 Å². The molecule has 0 bridgehead atoms. The van der Waals surface area contributed by atoms with Crippen molar-refractivity contribution in [1.29, 1.82) is 0 Å². The molecule has 0 radical (unpaired) electrons. The number of carbonyl (C=O) groups is 2. The molecule has 1 N–H and O–H groups in total. The van der Waals surface area contributed by atoms with Crippen LogP contribution in [0, 0.1) is 6.92 Å². The molecule has 0 unspecified atom stereocenters. The molecule has 116 valence electrons. The summed E-state index contributed by atoms with van der Waals surface area (Å²) in [7, 11) is 0. The number of nitrogens with one attached hydrogen (secondary N) is 1. The fourth-order valence-electron chi connectivity index (χ4n) is 2.50. The van der Waals surface area contributed by atoms with Gasteiger partial charge in [-0.15, -0.1) is 0 Å². The first-order valence-corrected chi connectivity index (χ1v) is 7.40. The van der Waals surface area contributed by atoms with Crippen LogP contribution in [0.5, 0.6) is 0 Å². The summed E-state index contributed by atoms with van der Waals surface area (Å²) in [6, 6.07) is 12.8. The van der Waals surface area contributed by atoms with E-state index in [0.717, 1.165) is 22.1 Å². The normalized spacial score (nSPS) is 10.7. The van der Waals surface area contributed by atoms with Crippen LogP contribution in [0.25, 0.3) is 11.0 Å². The summed E-state index contributed by atoms with van der Waals surface area (Å²) in [5, 5.41) is 3.80. The first-order chi connectivity index (χ1) is 11.0. The maximum absolute atomic E-state index is 12.2. The van der Waals surface area contributed by atoms with E-state index in [1.165, 1.54) is 6.92 Å². The molecule has 0 aliphatic rings. The molecule has 4 nitrogen and oxygen atoms in total. The van der Waals surface area contributed by atoms with Gasteiger partial charge in [0.2, 0.25) is 5.91 Å². The maximum atomic E-state index is 12.2. The Hall–Kier alpha value is -2.88. The van der Waals surface area contributed by atoms with Gasteiger partial charge in [-0.1, -0.05) is 11.6 Å². The predicted molar refractivity (Wildman–Crippen MR) is 89.7 cm³/mol. The van der Waals surface area contributed by atoms with Crippen LogP contribution in [-0.4, -0.2) is 11.7 Å². The lowest BCUT2D eigenvalue weighted by Gasteiger charge is -2.05. The van der Waals surface area contributed by atoms with Crippen molar-refractivity contribution in [3.05, 3.63) is 65.4 Å². The highest BCUT2D eigenvalue weighted by Crippen LogP contribution is 2.23. The Morgan fingerprint density at radius 2 is 1.83 bits per heavy atom. The van der Waals surface area contributed by atoms with Crippen LogP contribution in [0.15, 0.2) is 53.1 Å². The van der Waals surface area contributed by atoms with Gasteiger partial charge in [-0.2, -0.15) is 0 Å². The molecule has 0 aliphatic heterocycles. The second kappa shape index (κ2) is 6.08. The summed E-state index contributed by atoms with van der Waals surface area (Å²) in [6.45, 7) is 3.52. The van der Waals surface area contributed by atoms with E-state index in [1.807, 2.05) is 25.1 Å². The van der Waals surface area contributed by atoms with Gasteiger partial charge in [0, 0.05) is 22.2 Å². The predicted octanol–water partition coefficient (Wildman–Crippen LogP) is 4.13. The van der Waals surface area contributed by atoms with Gasteiger partial charge in [0.05, 0.1) is 12.7 Å². The molecule has 0 aliphatic carbocycles. The quantitative estimate of drug-likeness (QED) is 0.737. The minimum absolute atomic E-state index is 0.00288. The van der Waals surface area contributed by atoms with Crippen LogP contribution in [-0.2, 0) is 11.2 Å². The topological polar surface area (TPSA) is 59.3 Å². The van der Waals surface area contributed by atoms with Crippen LogP contribution in [0.2, 0.25) is 0 Å². The summed E-state index contributed by atoms with van der Waals surface area (Å²) in [6.07, 6.45) is 1.87. The fourth-order valence-corrected chi connectivity index (χ4v) is 2.50. The molecule has 1 amide bonds. The smallest absolute Gasteiger partial charge is 0.228 e. The van der Waals surface area contributed by atoms with Gasteiger partial charge in [-0.05, 0) is 50.2 Å². The molecule has 2 aromatic carbocycles. The Morgan fingerprint density at radius 3 is 2.52 bits per heavy atom. The van der Waals surface area contributed by atoms with Crippen LogP contribution in [0.3, 0.4) is 0 Å². The van der Waals surface area contributed by atoms with E-state index in [0.29, 0.717) is 11.3 Å². The molecule has 3 rings (SSSR count). The van der Waals surface area contributed by atoms with Crippen molar-refractivity contribution in [1.82, 2.24) is 0 Å². The lowest BCUT2D eigenvalue weighted by molar-refractivity contribution is -0.115. The van der Waals surface area contributed by atoms with Crippen molar-refractivity contribution in [2.75, 3.05) is 5.32 Å². The Balaban J connectivity index is 1.73. The number of amides is 1. The van der Waals surface area contributed by atoms with E-state index >= 15 is 0 Å². The Kier molecular flexibility index (Phi) is 3.98. The van der Waals surface area contributed by atoms with Gasteiger partial charge in [-0.3, -0.25) is 9.59 Å². The number of aryl methyl sites for hydroxylation is 1. The molecule has 4 heteroatoms. The van der Waals surface area contributed by atoms with E-state index in [-0.39, 0.29) is 18.1 Å². The number of hydrogen-bond donors (Lipinski definition) is 1. The molecule has 1 heterocycles. The monoisotopic (exact) mass is 307 g/mol. The van der Waals surface area contributed by atoms with Crippen molar-refractivity contribution in [3.8, 4) is 0 Å². The molecular formula is C19H17NO3. The zero-order valence-corrected chi connectivity index (χ0v) is 13.1. The van der Waals surface area contributed by atoms with Crippen LogP contribution in [0.4, 0.5) is 5.69 Å². The van der Waals surface area contributed by atoms with Crippen LogP contribution < -0.4 is 5.32 Å². The lowest BCUT2D eigenvalue weighted by atomic mass is 10.1. The Labute approximate surface area is 134 Å². The van der Waals surface area contributed by atoms with Crippen molar-refractivity contribution in [2.24, 2.45) is 0 Å². The van der Waals surface area contributed by atoms with E-state index in [4.69, 9.17) is 4.42 Å². The van der Waals surface area contributed by atoms with Gasteiger partial charge in [0.1, 0.15) is 5.58 Å². The number of Topliss-reactive ketones (excluding diaryl/α,β-unsaturated/α-hetero) is 1. The maximum Gasteiger partial charge on any atom is 0.228 e. The number of anilines is 1. The van der Waals surface area contributed by atoms with Gasteiger partial charge in [0.25, 0.3) is 0 Å². The van der Waals surface area contributed by atoms with Crippen molar-refractivity contribution in [3.63, 3.8) is 0 Å². The number of benzene rings is 2. The molecule has 1 aromatic heterocycles. The van der Waals surface area contributed by atoms with E-state index in [1.54, 1.807) is 30.5 Å². The van der Waals surface area contributed by atoms with Crippen molar-refractivity contribution >= 4 is 28.3 Å². The number of ketones is 1. The number of fused-ring (bicyclic) bond motifs is 1. The highest BCUT2D eigenvalue weighted by Gasteiger charge is 2.11. The zero-order valence-electron chi connectivity index (χ0n) is 13.1. The molecule has 0 spiro atoms. The third-order valence-corrected chi connectivity index (χ3v) is 3.74. The van der Waals surface area contributed by atoms with Gasteiger partial charge < -0.3 is 9.73 Å². The SMILES string of the molecule is CC(=O)c1ccc(NC(=O)Cc2coc3ccc(C)cc23)cc1. The fraction of sp³-hybridized carbons (Fsp3) is 0.158.